The Balaban J connectivity index is 1.31. The third kappa shape index (κ3) is 4.21. The van der Waals surface area contributed by atoms with Gasteiger partial charge in [0.1, 0.15) is 23.4 Å². The van der Waals surface area contributed by atoms with Crippen LogP contribution in [-0.2, 0) is 24.2 Å². The Bertz CT molecular complexity index is 1170. The van der Waals surface area contributed by atoms with E-state index in [9.17, 15) is 9.18 Å². The van der Waals surface area contributed by atoms with Crippen molar-refractivity contribution in [2.24, 2.45) is 5.41 Å². The molecule has 8 heteroatoms. The fraction of sp³-hybridized carbons (Fsp3) is 0.440. The molecule has 0 unspecified atom stereocenters. The third-order valence-electron chi connectivity index (χ3n) is 6.53. The van der Waals surface area contributed by atoms with E-state index in [1.54, 1.807) is 18.3 Å². The summed E-state index contributed by atoms with van der Waals surface area (Å²) in [7, 11) is 0. The largest absolute Gasteiger partial charge is 0.342 e. The molecular weight excluding hydrogens is 419 g/mol. The molecule has 172 valence electrons. The second-order valence-electron chi connectivity index (χ2n) is 9.76. The van der Waals surface area contributed by atoms with E-state index in [1.165, 1.54) is 12.1 Å². The fourth-order valence-corrected chi connectivity index (χ4v) is 4.92. The number of benzene rings is 1. The van der Waals surface area contributed by atoms with Gasteiger partial charge in [0.2, 0.25) is 5.91 Å². The van der Waals surface area contributed by atoms with Crippen LogP contribution in [0.3, 0.4) is 0 Å². The molecule has 2 aromatic heterocycles. The number of carbonyl (C=O) groups excluding carboxylic acids is 1. The van der Waals surface area contributed by atoms with Crippen molar-refractivity contribution in [1.29, 1.82) is 0 Å². The zero-order chi connectivity index (χ0) is 23.2. The summed E-state index contributed by atoms with van der Waals surface area (Å²) < 4.78 is 15.0. The van der Waals surface area contributed by atoms with E-state index in [0.717, 1.165) is 47.8 Å². The van der Waals surface area contributed by atoms with E-state index in [-0.39, 0.29) is 23.2 Å². The monoisotopic (exact) mass is 448 g/mol. The maximum atomic E-state index is 13.1. The van der Waals surface area contributed by atoms with Gasteiger partial charge >= 0.3 is 0 Å². The Morgan fingerprint density at radius 2 is 1.91 bits per heavy atom. The summed E-state index contributed by atoms with van der Waals surface area (Å²) in [6.07, 6.45) is 7.98. The quantitative estimate of drug-likeness (QED) is 0.576. The minimum Gasteiger partial charge on any atom is -0.342 e. The maximum absolute atomic E-state index is 13.1. The Labute approximate surface area is 193 Å². The summed E-state index contributed by atoms with van der Waals surface area (Å²) in [5.41, 5.74) is 2.99. The summed E-state index contributed by atoms with van der Waals surface area (Å²) in [5, 5.41) is 4.43. The molecular formula is C25H29FN6O. The van der Waals surface area contributed by atoms with Crippen molar-refractivity contribution in [2.45, 2.75) is 52.6 Å². The van der Waals surface area contributed by atoms with Gasteiger partial charge in [-0.05, 0) is 48.4 Å². The molecule has 3 aromatic rings. The molecule has 1 aromatic carbocycles. The topological polar surface area (TPSA) is 67.2 Å². The fourth-order valence-electron chi connectivity index (χ4n) is 4.92. The van der Waals surface area contributed by atoms with Crippen LogP contribution >= 0.6 is 0 Å². The number of nitrogens with zero attached hydrogens (tertiary/aromatic N) is 6. The molecule has 0 N–H and O–H groups in total. The molecule has 33 heavy (non-hydrogen) atoms. The number of carbonyl (C=O) groups is 1. The second kappa shape index (κ2) is 8.24. The number of anilines is 2. The number of fused-ring (bicyclic) bond motifs is 3. The van der Waals surface area contributed by atoms with Gasteiger partial charge in [0, 0.05) is 25.7 Å². The number of hydrogen-bond acceptors (Lipinski definition) is 5. The maximum Gasteiger partial charge on any atom is 0.249 e. The highest BCUT2D eigenvalue weighted by molar-refractivity contribution is 6.05. The lowest BCUT2D eigenvalue weighted by Gasteiger charge is -2.37. The van der Waals surface area contributed by atoms with Crippen molar-refractivity contribution < 1.29 is 9.18 Å². The average molecular weight is 449 g/mol. The van der Waals surface area contributed by atoms with Gasteiger partial charge in [-0.3, -0.25) is 9.48 Å². The first-order valence-corrected chi connectivity index (χ1v) is 11.5. The van der Waals surface area contributed by atoms with Crippen molar-refractivity contribution in [3.05, 3.63) is 65.6 Å². The van der Waals surface area contributed by atoms with E-state index in [0.29, 0.717) is 19.5 Å². The number of hydrogen-bond donors (Lipinski definition) is 0. The van der Waals surface area contributed by atoms with Gasteiger partial charge in [-0.15, -0.1) is 0 Å². The van der Waals surface area contributed by atoms with Crippen LogP contribution in [-0.4, -0.2) is 44.8 Å². The Kier molecular flexibility index (Phi) is 5.38. The highest BCUT2D eigenvalue weighted by Gasteiger charge is 2.47. The zero-order valence-corrected chi connectivity index (χ0v) is 19.3. The lowest BCUT2D eigenvalue weighted by Crippen LogP contribution is -2.51. The van der Waals surface area contributed by atoms with Crippen LogP contribution in [0.5, 0.6) is 0 Å². The van der Waals surface area contributed by atoms with Crippen molar-refractivity contribution >= 4 is 17.4 Å². The molecule has 0 bridgehead atoms. The van der Waals surface area contributed by atoms with Crippen molar-refractivity contribution in [3.63, 3.8) is 0 Å². The number of rotatable bonds is 6. The van der Waals surface area contributed by atoms with Crippen molar-refractivity contribution in [2.75, 3.05) is 22.9 Å². The van der Waals surface area contributed by atoms with Crippen LogP contribution in [0.15, 0.2) is 42.9 Å². The molecule has 7 nitrogen and oxygen atoms in total. The molecule has 1 saturated heterocycles. The lowest BCUT2D eigenvalue weighted by atomic mass is 9.90. The SMILES string of the molecule is CCN1C(=O)[C@@H]2CC(C)(C)CN2c2nc(CCc3cnn(Cc4ccc(F)cc4)c3)ncc21. The average Bonchev–Trinajstić information content (AvgIpc) is 3.37. The number of aromatic nitrogens is 4. The molecule has 0 saturated carbocycles. The van der Waals surface area contributed by atoms with Gasteiger partial charge in [-0.2, -0.15) is 5.10 Å². The summed E-state index contributed by atoms with van der Waals surface area (Å²) in [6, 6.07) is 6.34. The Hall–Kier alpha value is -3.29. The summed E-state index contributed by atoms with van der Waals surface area (Å²) in [6.45, 7) is 8.45. The summed E-state index contributed by atoms with van der Waals surface area (Å²) in [4.78, 5) is 26.5. The van der Waals surface area contributed by atoms with Crippen molar-refractivity contribution in [3.8, 4) is 0 Å². The van der Waals surface area contributed by atoms with E-state index >= 15 is 0 Å². The summed E-state index contributed by atoms with van der Waals surface area (Å²) in [5.74, 6) is 1.57. The zero-order valence-electron chi connectivity index (χ0n) is 19.3. The second-order valence-corrected chi connectivity index (χ2v) is 9.76. The highest BCUT2D eigenvalue weighted by Crippen LogP contribution is 2.44. The summed E-state index contributed by atoms with van der Waals surface area (Å²) >= 11 is 0. The Morgan fingerprint density at radius 3 is 2.67 bits per heavy atom. The molecule has 2 aliphatic rings. The number of likely N-dealkylation sites (N-methyl/N-ethyl adjacent to an activating group) is 1. The lowest BCUT2D eigenvalue weighted by molar-refractivity contribution is -0.120. The first-order chi connectivity index (χ1) is 15.8. The molecule has 0 aliphatic carbocycles. The molecule has 0 radical (unpaired) electrons. The molecule has 5 rings (SSSR count). The predicted octanol–water partition coefficient (Wildman–Crippen LogP) is 3.62. The molecule has 1 fully saturated rings. The standard InChI is InChI=1S/C25H29FN6O/c1-4-31-21-13-27-22(29-23(21)32-16-25(2,3)11-20(32)24(31)33)10-7-18-12-28-30(15-18)14-17-5-8-19(26)9-6-17/h5-6,8-9,12-13,15,20H,4,7,10-11,14,16H2,1-3H3/t20-/m0/s1. The van der Waals surface area contributed by atoms with Crippen LogP contribution in [0.2, 0.25) is 0 Å². The van der Waals surface area contributed by atoms with E-state index in [1.807, 2.05) is 28.9 Å². The molecule has 1 amide bonds. The van der Waals surface area contributed by atoms with E-state index < -0.39 is 0 Å². The number of amides is 1. The van der Waals surface area contributed by atoms with Gasteiger partial charge in [-0.25, -0.2) is 14.4 Å². The van der Waals surface area contributed by atoms with Gasteiger partial charge in [-0.1, -0.05) is 26.0 Å². The van der Waals surface area contributed by atoms with Gasteiger partial charge in [0.25, 0.3) is 0 Å². The minimum atomic E-state index is -0.236. The molecule has 4 heterocycles. The van der Waals surface area contributed by atoms with Crippen LogP contribution < -0.4 is 9.80 Å². The van der Waals surface area contributed by atoms with Crippen LogP contribution in [0.25, 0.3) is 0 Å². The predicted molar refractivity (Wildman–Crippen MR) is 125 cm³/mol. The smallest absolute Gasteiger partial charge is 0.249 e. The van der Waals surface area contributed by atoms with Gasteiger partial charge < -0.3 is 9.80 Å². The van der Waals surface area contributed by atoms with Crippen molar-refractivity contribution in [1.82, 2.24) is 19.7 Å². The first kappa shape index (κ1) is 21.6. The molecule has 2 aliphatic heterocycles. The van der Waals surface area contributed by atoms with Gasteiger partial charge in [0.15, 0.2) is 5.82 Å². The minimum absolute atomic E-state index is 0.0750. The molecule has 1 atom stereocenters. The number of halogens is 1. The highest BCUT2D eigenvalue weighted by atomic mass is 19.1. The molecule has 0 spiro atoms. The van der Waals surface area contributed by atoms with Crippen LogP contribution in [0, 0.1) is 11.2 Å². The van der Waals surface area contributed by atoms with Gasteiger partial charge in [0.05, 0.1) is 18.9 Å². The normalized spacial score (nSPS) is 19.0. The van der Waals surface area contributed by atoms with E-state index in [4.69, 9.17) is 4.98 Å². The third-order valence-corrected chi connectivity index (χ3v) is 6.53. The first-order valence-electron chi connectivity index (χ1n) is 11.5. The number of aryl methyl sites for hydroxylation is 2. The Morgan fingerprint density at radius 1 is 1.12 bits per heavy atom. The van der Waals surface area contributed by atoms with Crippen LogP contribution in [0.1, 0.15) is 44.1 Å². The van der Waals surface area contributed by atoms with E-state index in [2.05, 4.69) is 28.8 Å². The van der Waals surface area contributed by atoms with Crippen LogP contribution in [0.4, 0.5) is 15.9 Å².